The number of benzene rings is 2. The Morgan fingerprint density at radius 2 is 1.61 bits per heavy atom. The summed E-state index contributed by atoms with van der Waals surface area (Å²) < 4.78 is 0. The van der Waals surface area contributed by atoms with Crippen molar-refractivity contribution in [2.24, 2.45) is 4.99 Å². The summed E-state index contributed by atoms with van der Waals surface area (Å²) in [4.78, 5) is 8.93. The van der Waals surface area contributed by atoms with Gasteiger partial charge >= 0.3 is 0 Å². The van der Waals surface area contributed by atoms with Gasteiger partial charge in [0.1, 0.15) is 0 Å². The third-order valence-corrected chi connectivity index (χ3v) is 3.64. The normalized spacial score (nSPS) is 11.3. The molecule has 2 aromatic heterocycles. The van der Waals surface area contributed by atoms with Crippen LogP contribution >= 0.6 is 0 Å². The zero-order valence-electron chi connectivity index (χ0n) is 12.3. The summed E-state index contributed by atoms with van der Waals surface area (Å²) in [5.41, 5.74) is 3.96. The van der Waals surface area contributed by atoms with Crippen molar-refractivity contribution in [3.63, 3.8) is 0 Å². The van der Waals surface area contributed by atoms with Gasteiger partial charge < -0.3 is 0 Å². The van der Waals surface area contributed by atoms with Crippen molar-refractivity contribution >= 4 is 23.1 Å². The number of aromatic amines is 1. The predicted molar refractivity (Wildman–Crippen MR) is 93.0 cm³/mol. The third-order valence-electron chi connectivity index (χ3n) is 3.64. The Morgan fingerprint density at radius 1 is 0.870 bits per heavy atom. The van der Waals surface area contributed by atoms with Crippen LogP contribution in [0.25, 0.3) is 22.2 Å². The first kappa shape index (κ1) is 13.4. The number of aliphatic imine (C=N–C) groups is 1. The van der Waals surface area contributed by atoms with E-state index in [1.165, 1.54) is 0 Å². The molecular formula is C19H14N4. The van der Waals surface area contributed by atoms with Crippen molar-refractivity contribution in [1.82, 2.24) is 15.2 Å². The van der Waals surface area contributed by atoms with Crippen molar-refractivity contribution in [3.8, 4) is 11.1 Å². The van der Waals surface area contributed by atoms with Gasteiger partial charge in [-0.05, 0) is 17.2 Å². The first-order valence-corrected chi connectivity index (χ1v) is 7.39. The standard InChI is InChI=1S/C19H14N4/c1-3-7-14(8-4-1)12-20-18-17-11-16(13-21-19(17)23-22-18)15-9-5-2-6-10-15/h1-13H,(H,21,22,23). The Kier molecular flexibility index (Phi) is 3.41. The van der Waals surface area contributed by atoms with Crippen LogP contribution in [0.15, 0.2) is 77.9 Å². The Morgan fingerprint density at radius 3 is 2.39 bits per heavy atom. The van der Waals surface area contributed by atoms with Crippen molar-refractivity contribution in [2.75, 3.05) is 0 Å². The van der Waals surface area contributed by atoms with Gasteiger partial charge in [-0.2, -0.15) is 5.10 Å². The van der Waals surface area contributed by atoms with Crippen LogP contribution < -0.4 is 0 Å². The molecule has 2 heterocycles. The molecule has 0 aliphatic rings. The van der Waals surface area contributed by atoms with Crippen LogP contribution in [0, 0.1) is 0 Å². The molecule has 0 aliphatic heterocycles. The lowest BCUT2D eigenvalue weighted by Crippen LogP contribution is -1.81. The molecule has 4 nitrogen and oxygen atoms in total. The summed E-state index contributed by atoms with van der Waals surface area (Å²) in [6.07, 6.45) is 3.66. The van der Waals surface area contributed by atoms with Gasteiger partial charge in [-0.1, -0.05) is 60.7 Å². The number of rotatable bonds is 3. The third kappa shape index (κ3) is 2.74. The van der Waals surface area contributed by atoms with Crippen LogP contribution in [0.4, 0.5) is 5.82 Å². The molecule has 2 aromatic carbocycles. The number of hydrogen-bond acceptors (Lipinski definition) is 3. The average molecular weight is 298 g/mol. The van der Waals surface area contributed by atoms with Crippen LogP contribution in [0.1, 0.15) is 5.56 Å². The number of nitrogens with one attached hydrogen (secondary N) is 1. The number of hydrogen-bond donors (Lipinski definition) is 1. The van der Waals surface area contributed by atoms with Gasteiger partial charge in [-0.3, -0.25) is 5.10 Å². The van der Waals surface area contributed by atoms with E-state index in [2.05, 4.69) is 38.4 Å². The maximum atomic E-state index is 4.49. The van der Waals surface area contributed by atoms with E-state index in [0.717, 1.165) is 27.7 Å². The molecule has 0 amide bonds. The lowest BCUT2D eigenvalue weighted by atomic mass is 10.1. The summed E-state index contributed by atoms with van der Waals surface area (Å²) in [6, 6.07) is 22.2. The van der Waals surface area contributed by atoms with E-state index in [0.29, 0.717) is 5.82 Å². The molecule has 0 aliphatic carbocycles. The van der Waals surface area contributed by atoms with E-state index in [4.69, 9.17) is 0 Å². The number of H-pyrrole nitrogens is 1. The van der Waals surface area contributed by atoms with E-state index >= 15 is 0 Å². The monoisotopic (exact) mass is 298 g/mol. The molecule has 0 spiro atoms. The number of aromatic nitrogens is 3. The zero-order valence-corrected chi connectivity index (χ0v) is 12.3. The second kappa shape index (κ2) is 5.85. The van der Waals surface area contributed by atoms with E-state index in [-0.39, 0.29) is 0 Å². The van der Waals surface area contributed by atoms with Gasteiger partial charge in [-0.15, -0.1) is 0 Å². The zero-order chi connectivity index (χ0) is 15.5. The molecule has 0 radical (unpaired) electrons. The first-order valence-electron chi connectivity index (χ1n) is 7.39. The molecule has 110 valence electrons. The second-order valence-electron chi connectivity index (χ2n) is 5.20. The van der Waals surface area contributed by atoms with E-state index in [1.54, 1.807) is 0 Å². The smallest absolute Gasteiger partial charge is 0.183 e. The molecule has 0 unspecified atom stereocenters. The maximum Gasteiger partial charge on any atom is 0.183 e. The van der Waals surface area contributed by atoms with E-state index < -0.39 is 0 Å². The highest BCUT2D eigenvalue weighted by Gasteiger charge is 2.07. The van der Waals surface area contributed by atoms with Gasteiger partial charge in [0.05, 0.1) is 5.39 Å². The summed E-state index contributed by atoms with van der Waals surface area (Å²) in [5.74, 6) is 0.647. The molecule has 4 rings (SSSR count). The summed E-state index contributed by atoms with van der Waals surface area (Å²) in [5, 5.41) is 8.10. The molecular weight excluding hydrogens is 284 g/mol. The topological polar surface area (TPSA) is 53.9 Å². The van der Waals surface area contributed by atoms with Crippen LogP contribution in [-0.4, -0.2) is 21.4 Å². The minimum absolute atomic E-state index is 0.647. The minimum atomic E-state index is 0.647. The second-order valence-corrected chi connectivity index (χ2v) is 5.20. The van der Waals surface area contributed by atoms with Crippen molar-refractivity contribution < 1.29 is 0 Å². The number of pyridine rings is 1. The first-order chi connectivity index (χ1) is 11.4. The van der Waals surface area contributed by atoms with Gasteiger partial charge in [0.15, 0.2) is 11.5 Å². The summed E-state index contributed by atoms with van der Waals surface area (Å²) >= 11 is 0. The molecule has 4 heteroatoms. The van der Waals surface area contributed by atoms with Gasteiger partial charge in [0, 0.05) is 18.0 Å². The molecule has 0 bridgehead atoms. The van der Waals surface area contributed by atoms with Gasteiger partial charge in [-0.25, -0.2) is 9.98 Å². The molecule has 1 N–H and O–H groups in total. The van der Waals surface area contributed by atoms with E-state index in [9.17, 15) is 0 Å². The molecule has 0 saturated heterocycles. The van der Waals surface area contributed by atoms with Gasteiger partial charge in [0.2, 0.25) is 0 Å². The fraction of sp³-hybridized carbons (Fsp3) is 0. The van der Waals surface area contributed by atoms with Gasteiger partial charge in [0.25, 0.3) is 0 Å². The maximum absolute atomic E-state index is 4.49. The fourth-order valence-electron chi connectivity index (χ4n) is 2.45. The van der Waals surface area contributed by atoms with Crippen LogP contribution in [-0.2, 0) is 0 Å². The molecule has 4 aromatic rings. The minimum Gasteiger partial charge on any atom is -0.259 e. The van der Waals surface area contributed by atoms with Crippen molar-refractivity contribution in [1.29, 1.82) is 0 Å². The Bertz CT molecular complexity index is 957. The Labute approximate surface area is 133 Å². The summed E-state index contributed by atoms with van der Waals surface area (Å²) in [7, 11) is 0. The molecule has 0 atom stereocenters. The van der Waals surface area contributed by atoms with Crippen LogP contribution in [0.2, 0.25) is 0 Å². The Balaban J connectivity index is 1.75. The van der Waals surface area contributed by atoms with Crippen LogP contribution in [0.3, 0.4) is 0 Å². The fourth-order valence-corrected chi connectivity index (χ4v) is 2.45. The summed E-state index contributed by atoms with van der Waals surface area (Å²) in [6.45, 7) is 0. The predicted octanol–water partition coefficient (Wildman–Crippen LogP) is 4.38. The molecule has 0 fully saturated rings. The molecule has 23 heavy (non-hydrogen) atoms. The largest absolute Gasteiger partial charge is 0.259 e. The quantitative estimate of drug-likeness (QED) is 0.571. The lowest BCUT2D eigenvalue weighted by Gasteiger charge is -2.00. The van der Waals surface area contributed by atoms with Crippen LogP contribution in [0.5, 0.6) is 0 Å². The lowest BCUT2D eigenvalue weighted by molar-refractivity contribution is 1.09. The highest BCUT2D eigenvalue weighted by molar-refractivity contribution is 5.92. The highest BCUT2D eigenvalue weighted by Crippen LogP contribution is 2.27. The SMILES string of the molecule is C(=Nc1n[nH]c2ncc(-c3ccccc3)cc12)c1ccccc1. The van der Waals surface area contributed by atoms with E-state index in [1.807, 2.05) is 60.9 Å². The number of nitrogens with zero attached hydrogens (tertiary/aromatic N) is 3. The highest BCUT2D eigenvalue weighted by atomic mass is 15.2. The Hall–Kier alpha value is -3.27. The van der Waals surface area contributed by atoms with Crippen molar-refractivity contribution in [2.45, 2.75) is 0 Å². The van der Waals surface area contributed by atoms with Crippen molar-refractivity contribution in [3.05, 3.63) is 78.5 Å². The molecule has 0 saturated carbocycles. The average Bonchev–Trinajstić information content (AvgIpc) is 3.04. The number of fused-ring (bicyclic) bond motifs is 1.